The average molecular weight is 334 g/mol. The smallest absolute Gasteiger partial charge is 0.255 e. The first-order valence-electron chi connectivity index (χ1n) is 7.31. The summed E-state index contributed by atoms with van der Waals surface area (Å²) in [6.07, 6.45) is 1.31. The van der Waals surface area contributed by atoms with Gasteiger partial charge in [0.15, 0.2) is 5.13 Å². The van der Waals surface area contributed by atoms with Gasteiger partial charge in [0.2, 0.25) is 0 Å². The Labute approximate surface area is 138 Å². The number of thiazole rings is 1. The molecular weight excluding hydrogens is 316 g/mol. The van der Waals surface area contributed by atoms with Gasteiger partial charge in [-0.15, -0.1) is 11.3 Å². The molecule has 1 fully saturated rings. The number of nitrogens with zero attached hydrogens (tertiary/aromatic N) is 1. The first-order valence-corrected chi connectivity index (χ1v) is 8.19. The van der Waals surface area contributed by atoms with Gasteiger partial charge in [0.05, 0.1) is 19.9 Å². The number of carbonyl (C=O) groups is 1. The van der Waals surface area contributed by atoms with Gasteiger partial charge in [-0.1, -0.05) is 0 Å². The molecule has 122 valence electrons. The van der Waals surface area contributed by atoms with Crippen molar-refractivity contribution in [2.75, 3.05) is 26.1 Å². The van der Waals surface area contributed by atoms with Crippen LogP contribution in [-0.2, 0) is 9.53 Å². The standard InChI is InChI=1S/C16H18N2O4S/c1-20-10-5-6-13(21-2)11(8-10)12-9-23-16(17-12)18-15(19)14-4-3-7-22-14/h5-6,8-9,14H,3-4,7H2,1-2H3,(H,17,18,19)/t14-/m1/s1. The van der Waals surface area contributed by atoms with Crippen molar-refractivity contribution in [3.05, 3.63) is 23.6 Å². The number of ether oxygens (including phenoxy) is 3. The Bertz CT molecular complexity index is 695. The third-order valence-corrected chi connectivity index (χ3v) is 4.40. The SMILES string of the molecule is COc1ccc(OC)c(-c2csc(NC(=O)[C@H]3CCCO3)n2)c1. The van der Waals surface area contributed by atoms with E-state index in [0.29, 0.717) is 17.5 Å². The normalized spacial score (nSPS) is 17.0. The fourth-order valence-electron chi connectivity index (χ4n) is 2.44. The molecule has 0 unspecified atom stereocenters. The molecule has 2 aromatic rings. The van der Waals surface area contributed by atoms with Crippen LogP contribution >= 0.6 is 11.3 Å². The first-order chi connectivity index (χ1) is 11.2. The highest BCUT2D eigenvalue weighted by Gasteiger charge is 2.24. The van der Waals surface area contributed by atoms with E-state index in [0.717, 1.165) is 29.8 Å². The molecule has 6 nitrogen and oxygen atoms in total. The second-order valence-electron chi connectivity index (χ2n) is 5.10. The molecule has 3 rings (SSSR count). The zero-order valence-corrected chi connectivity index (χ0v) is 13.8. The zero-order chi connectivity index (χ0) is 16.2. The van der Waals surface area contributed by atoms with Crippen molar-refractivity contribution in [2.24, 2.45) is 0 Å². The van der Waals surface area contributed by atoms with Crippen molar-refractivity contribution in [3.63, 3.8) is 0 Å². The molecule has 0 bridgehead atoms. The highest BCUT2D eigenvalue weighted by molar-refractivity contribution is 7.14. The lowest BCUT2D eigenvalue weighted by Crippen LogP contribution is -2.26. The molecule has 1 aliphatic heterocycles. The summed E-state index contributed by atoms with van der Waals surface area (Å²) >= 11 is 1.37. The molecule has 1 N–H and O–H groups in total. The molecule has 0 spiro atoms. The summed E-state index contributed by atoms with van der Waals surface area (Å²) in [7, 11) is 3.22. The molecule has 1 aliphatic rings. The Morgan fingerprint density at radius 3 is 2.96 bits per heavy atom. The third kappa shape index (κ3) is 3.46. The average Bonchev–Trinajstić information content (AvgIpc) is 3.26. The maximum atomic E-state index is 12.1. The van der Waals surface area contributed by atoms with Gasteiger partial charge in [-0.2, -0.15) is 0 Å². The quantitative estimate of drug-likeness (QED) is 0.910. The van der Waals surface area contributed by atoms with Crippen LogP contribution in [0.2, 0.25) is 0 Å². The topological polar surface area (TPSA) is 69.7 Å². The number of benzene rings is 1. The van der Waals surface area contributed by atoms with E-state index in [-0.39, 0.29) is 12.0 Å². The minimum absolute atomic E-state index is 0.138. The summed E-state index contributed by atoms with van der Waals surface area (Å²) in [5, 5.41) is 5.24. The lowest BCUT2D eigenvalue weighted by molar-refractivity contribution is -0.124. The van der Waals surface area contributed by atoms with Crippen LogP contribution in [0.4, 0.5) is 5.13 Å². The fourth-order valence-corrected chi connectivity index (χ4v) is 3.15. The van der Waals surface area contributed by atoms with Crippen molar-refractivity contribution >= 4 is 22.4 Å². The zero-order valence-electron chi connectivity index (χ0n) is 13.0. The Morgan fingerprint density at radius 1 is 1.39 bits per heavy atom. The van der Waals surface area contributed by atoms with Gasteiger partial charge >= 0.3 is 0 Å². The van der Waals surface area contributed by atoms with Crippen LogP contribution in [-0.4, -0.2) is 37.8 Å². The highest BCUT2D eigenvalue weighted by Crippen LogP contribution is 2.35. The van der Waals surface area contributed by atoms with Gasteiger partial charge in [0.1, 0.15) is 17.6 Å². The second-order valence-corrected chi connectivity index (χ2v) is 5.95. The second kappa shape index (κ2) is 6.97. The molecule has 0 saturated carbocycles. The Morgan fingerprint density at radius 2 is 2.26 bits per heavy atom. The summed E-state index contributed by atoms with van der Waals surface area (Å²) in [5.74, 6) is 1.29. The van der Waals surface area contributed by atoms with E-state index in [2.05, 4.69) is 10.3 Å². The predicted molar refractivity (Wildman–Crippen MR) is 88.3 cm³/mol. The number of nitrogens with one attached hydrogen (secondary N) is 1. The van der Waals surface area contributed by atoms with E-state index < -0.39 is 0 Å². The van der Waals surface area contributed by atoms with Crippen LogP contribution in [0.3, 0.4) is 0 Å². The van der Waals surface area contributed by atoms with Gasteiger partial charge in [0.25, 0.3) is 5.91 Å². The number of hydrogen-bond acceptors (Lipinski definition) is 6. The van der Waals surface area contributed by atoms with Gasteiger partial charge in [-0.3, -0.25) is 10.1 Å². The van der Waals surface area contributed by atoms with E-state index in [9.17, 15) is 4.79 Å². The molecule has 23 heavy (non-hydrogen) atoms. The van der Waals surface area contributed by atoms with Gasteiger partial charge in [0, 0.05) is 17.6 Å². The molecule has 1 saturated heterocycles. The van der Waals surface area contributed by atoms with Crippen LogP contribution in [0.1, 0.15) is 12.8 Å². The Hall–Kier alpha value is -2.12. The monoisotopic (exact) mass is 334 g/mol. The predicted octanol–water partition coefficient (Wildman–Crippen LogP) is 2.94. The minimum atomic E-state index is -0.367. The van der Waals surface area contributed by atoms with E-state index in [1.54, 1.807) is 14.2 Å². The molecule has 0 aliphatic carbocycles. The maximum absolute atomic E-state index is 12.1. The lowest BCUT2D eigenvalue weighted by Gasteiger charge is -2.09. The van der Waals surface area contributed by atoms with Crippen molar-refractivity contribution in [1.82, 2.24) is 4.98 Å². The number of amides is 1. The van der Waals surface area contributed by atoms with Gasteiger partial charge < -0.3 is 14.2 Å². The van der Waals surface area contributed by atoms with Crippen LogP contribution in [0.25, 0.3) is 11.3 Å². The van der Waals surface area contributed by atoms with Crippen molar-refractivity contribution < 1.29 is 19.0 Å². The summed E-state index contributed by atoms with van der Waals surface area (Å²) < 4.78 is 16.0. The summed E-state index contributed by atoms with van der Waals surface area (Å²) in [5.41, 5.74) is 1.55. The largest absolute Gasteiger partial charge is 0.497 e. The van der Waals surface area contributed by atoms with Gasteiger partial charge in [-0.25, -0.2) is 4.98 Å². The minimum Gasteiger partial charge on any atom is -0.497 e. The van der Waals surface area contributed by atoms with Crippen LogP contribution in [0, 0.1) is 0 Å². The van der Waals surface area contributed by atoms with E-state index in [4.69, 9.17) is 14.2 Å². The number of aromatic nitrogens is 1. The summed E-state index contributed by atoms with van der Waals surface area (Å²) in [6.45, 7) is 0.641. The molecule has 0 radical (unpaired) electrons. The van der Waals surface area contributed by atoms with E-state index >= 15 is 0 Å². The van der Waals surface area contributed by atoms with Crippen molar-refractivity contribution in [3.8, 4) is 22.8 Å². The Kier molecular flexibility index (Phi) is 4.78. The van der Waals surface area contributed by atoms with Crippen molar-refractivity contribution in [2.45, 2.75) is 18.9 Å². The highest BCUT2D eigenvalue weighted by atomic mass is 32.1. The number of methoxy groups -OCH3 is 2. The number of carbonyl (C=O) groups excluding carboxylic acids is 1. The van der Waals surface area contributed by atoms with Crippen LogP contribution < -0.4 is 14.8 Å². The molecule has 1 atom stereocenters. The molecule has 1 amide bonds. The Balaban J connectivity index is 1.80. The van der Waals surface area contributed by atoms with Gasteiger partial charge in [-0.05, 0) is 31.0 Å². The van der Waals surface area contributed by atoms with Crippen LogP contribution in [0.15, 0.2) is 23.6 Å². The number of anilines is 1. The maximum Gasteiger partial charge on any atom is 0.255 e. The van der Waals surface area contributed by atoms with E-state index in [1.165, 1.54) is 11.3 Å². The van der Waals surface area contributed by atoms with Crippen LogP contribution in [0.5, 0.6) is 11.5 Å². The summed E-state index contributed by atoms with van der Waals surface area (Å²) in [4.78, 5) is 16.5. The lowest BCUT2D eigenvalue weighted by atomic mass is 10.1. The molecule has 1 aromatic heterocycles. The molecule has 1 aromatic carbocycles. The molecule has 2 heterocycles. The third-order valence-electron chi connectivity index (χ3n) is 3.64. The number of hydrogen-bond donors (Lipinski definition) is 1. The van der Waals surface area contributed by atoms with E-state index in [1.807, 2.05) is 23.6 Å². The summed E-state index contributed by atoms with van der Waals surface area (Å²) in [6, 6.07) is 5.52. The molecule has 7 heteroatoms. The molecular formula is C16H18N2O4S. The fraction of sp³-hybridized carbons (Fsp3) is 0.375. The number of rotatable bonds is 5. The first kappa shape index (κ1) is 15.8. The van der Waals surface area contributed by atoms with Crippen molar-refractivity contribution in [1.29, 1.82) is 0 Å².